The highest BCUT2D eigenvalue weighted by molar-refractivity contribution is 5.93. The number of nitro benzene ring substituents is 2. The molecule has 0 saturated heterocycles. The molecule has 146 valence electrons. The van der Waals surface area contributed by atoms with Crippen LogP contribution in [-0.4, -0.2) is 31.7 Å². The first-order valence-electron chi connectivity index (χ1n) is 8.27. The fraction of sp³-hybridized carbons (Fsp3) is 0.0556. The number of carbonyl (C=O) groups excluding carboxylic acids is 1. The van der Waals surface area contributed by atoms with Crippen molar-refractivity contribution >= 4 is 23.5 Å². The topological polar surface area (TPSA) is 146 Å². The monoisotopic (exact) mass is 394 g/mol. The first-order chi connectivity index (χ1) is 13.9. The largest absolute Gasteiger partial charge is 0.291 e. The number of aromatic nitrogens is 2. The van der Waals surface area contributed by atoms with Gasteiger partial charge in [0.25, 0.3) is 17.3 Å². The van der Waals surface area contributed by atoms with E-state index in [0.29, 0.717) is 12.1 Å². The van der Waals surface area contributed by atoms with Crippen LogP contribution in [0.3, 0.4) is 0 Å². The molecule has 0 radical (unpaired) electrons. The Kier molecular flexibility index (Phi) is 5.69. The van der Waals surface area contributed by atoms with Crippen molar-refractivity contribution in [1.29, 1.82) is 0 Å². The molecule has 0 fully saturated rings. The molecule has 0 bridgehead atoms. The van der Waals surface area contributed by atoms with Gasteiger partial charge in [0.2, 0.25) is 0 Å². The molecule has 0 aliphatic rings. The summed E-state index contributed by atoms with van der Waals surface area (Å²) in [4.78, 5) is 32.4. The zero-order chi connectivity index (χ0) is 20.8. The summed E-state index contributed by atoms with van der Waals surface area (Å²) < 4.78 is 1.52. The molecule has 0 aliphatic heterocycles. The predicted molar refractivity (Wildman–Crippen MR) is 103 cm³/mol. The highest BCUT2D eigenvalue weighted by Gasteiger charge is 2.10. The summed E-state index contributed by atoms with van der Waals surface area (Å²) in [5, 5.41) is 29.2. The molecule has 1 amide bonds. The van der Waals surface area contributed by atoms with Crippen LogP contribution in [0.15, 0.2) is 65.9 Å². The van der Waals surface area contributed by atoms with Gasteiger partial charge in [-0.15, -0.1) is 0 Å². The summed E-state index contributed by atoms with van der Waals surface area (Å²) >= 11 is 0. The first kappa shape index (κ1) is 19.4. The fourth-order valence-corrected chi connectivity index (χ4v) is 2.39. The smallest absolute Gasteiger partial charge is 0.268 e. The second-order valence-corrected chi connectivity index (χ2v) is 5.87. The van der Waals surface area contributed by atoms with Crippen LogP contribution < -0.4 is 5.43 Å². The van der Waals surface area contributed by atoms with Crippen molar-refractivity contribution in [2.24, 2.45) is 5.10 Å². The molecule has 0 aliphatic carbocycles. The van der Waals surface area contributed by atoms with Gasteiger partial charge < -0.3 is 0 Å². The van der Waals surface area contributed by atoms with Gasteiger partial charge >= 0.3 is 0 Å². The van der Waals surface area contributed by atoms with Gasteiger partial charge in [-0.05, 0) is 29.3 Å². The van der Waals surface area contributed by atoms with Gasteiger partial charge in [-0.25, -0.2) is 5.43 Å². The van der Waals surface area contributed by atoms with Crippen molar-refractivity contribution in [3.8, 4) is 0 Å². The summed E-state index contributed by atoms with van der Waals surface area (Å²) in [6.07, 6.45) is 2.96. The number of carbonyl (C=O) groups is 1. The van der Waals surface area contributed by atoms with Crippen molar-refractivity contribution in [3.05, 3.63) is 97.8 Å². The highest BCUT2D eigenvalue weighted by atomic mass is 16.6. The van der Waals surface area contributed by atoms with E-state index in [1.807, 2.05) is 0 Å². The molecule has 0 saturated carbocycles. The van der Waals surface area contributed by atoms with Crippen molar-refractivity contribution < 1.29 is 14.6 Å². The van der Waals surface area contributed by atoms with Gasteiger partial charge in [-0.1, -0.05) is 12.1 Å². The van der Waals surface area contributed by atoms with Gasteiger partial charge in [-0.3, -0.25) is 29.7 Å². The zero-order valence-corrected chi connectivity index (χ0v) is 14.8. The van der Waals surface area contributed by atoms with E-state index >= 15 is 0 Å². The summed E-state index contributed by atoms with van der Waals surface area (Å²) in [6, 6.07) is 13.2. The predicted octanol–water partition coefficient (Wildman–Crippen LogP) is 2.51. The third kappa shape index (κ3) is 5.07. The minimum Gasteiger partial charge on any atom is -0.268 e. The van der Waals surface area contributed by atoms with E-state index in [-0.39, 0.29) is 17.1 Å². The average Bonchev–Trinajstić information content (AvgIpc) is 3.17. The molecule has 1 N–H and O–H groups in total. The molecule has 3 rings (SSSR count). The summed E-state index contributed by atoms with van der Waals surface area (Å²) in [7, 11) is 0. The molecule has 0 atom stereocenters. The van der Waals surface area contributed by atoms with E-state index in [2.05, 4.69) is 15.6 Å². The SMILES string of the molecule is O=C(N/N=C/c1ccc([N+](=O)[O-])cc1)c1ccn(Cc2ccc([N+](=O)[O-])cc2)n1. The van der Waals surface area contributed by atoms with Crippen LogP contribution in [0.4, 0.5) is 11.4 Å². The lowest BCUT2D eigenvalue weighted by atomic mass is 10.2. The van der Waals surface area contributed by atoms with Crippen molar-refractivity contribution in [1.82, 2.24) is 15.2 Å². The number of nitrogens with one attached hydrogen (secondary N) is 1. The van der Waals surface area contributed by atoms with Crippen molar-refractivity contribution in [3.63, 3.8) is 0 Å². The maximum Gasteiger partial charge on any atom is 0.291 e. The van der Waals surface area contributed by atoms with E-state index in [1.165, 1.54) is 53.4 Å². The van der Waals surface area contributed by atoms with Crippen LogP contribution in [0.2, 0.25) is 0 Å². The second-order valence-electron chi connectivity index (χ2n) is 5.87. The first-order valence-corrected chi connectivity index (χ1v) is 8.27. The van der Waals surface area contributed by atoms with E-state index in [4.69, 9.17) is 0 Å². The van der Waals surface area contributed by atoms with E-state index in [0.717, 1.165) is 5.56 Å². The van der Waals surface area contributed by atoms with E-state index < -0.39 is 15.8 Å². The maximum absolute atomic E-state index is 12.1. The number of nitrogens with zero attached hydrogens (tertiary/aromatic N) is 5. The summed E-state index contributed by atoms with van der Waals surface area (Å²) in [5.74, 6) is -0.523. The third-order valence-electron chi connectivity index (χ3n) is 3.85. The number of hydrogen-bond acceptors (Lipinski definition) is 7. The maximum atomic E-state index is 12.1. The minimum atomic E-state index is -0.523. The standard InChI is InChI=1S/C18H14N6O5/c25-18(20-19-11-13-1-5-15(6-2-13)23(26)27)17-9-10-22(21-17)12-14-3-7-16(8-4-14)24(28)29/h1-11H,12H2,(H,20,25)/b19-11+. The Bertz CT molecular complexity index is 1070. The highest BCUT2D eigenvalue weighted by Crippen LogP contribution is 2.13. The molecule has 2 aromatic carbocycles. The van der Waals surface area contributed by atoms with Gasteiger partial charge in [0, 0.05) is 30.5 Å². The number of hydrogen-bond donors (Lipinski definition) is 1. The van der Waals surface area contributed by atoms with Crippen LogP contribution in [0.25, 0.3) is 0 Å². The lowest BCUT2D eigenvalue weighted by molar-refractivity contribution is -0.385. The quantitative estimate of drug-likeness (QED) is 0.370. The molecule has 0 spiro atoms. The number of rotatable bonds is 7. The molecular weight excluding hydrogens is 380 g/mol. The number of nitro groups is 2. The van der Waals surface area contributed by atoms with Crippen molar-refractivity contribution in [2.45, 2.75) is 6.54 Å². The molecule has 11 heteroatoms. The summed E-state index contributed by atoms with van der Waals surface area (Å²) in [5.41, 5.74) is 3.81. The normalized spacial score (nSPS) is 10.8. The third-order valence-corrected chi connectivity index (χ3v) is 3.85. The lowest BCUT2D eigenvalue weighted by Crippen LogP contribution is -2.18. The molecule has 11 nitrogen and oxygen atoms in total. The van der Waals surface area contributed by atoms with Crippen LogP contribution in [0.1, 0.15) is 21.6 Å². The van der Waals surface area contributed by atoms with Gasteiger partial charge in [0.05, 0.1) is 22.6 Å². The average molecular weight is 394 g/mol. The fourth-order valence-electron chi connectivity index (χ4n) is 2.39. The van der Waals surface area contributed by atoms with Gasteiger partial charge in [-0.2, -0.15) is 10.2 Å². The lowest BCUT2D eigenvalue weighted by Gasteiger charge is -2.01. The Balaban J connectivity index is 1.57. The van der Waals surface area contributed by atoms with Crippen LogP contribution in [0.5, 0.6) is 0 Å². The van der Waals surface area contributed by atoms with Crippen molar-refractivity contribution in [2.75, 3.05) is 0 Å². The van der Waals surface area contributed by atoms with Crippen LogP contribution in [0, 0.1) is 20.2 Å². The zero-order valence-electron chi connectivity index (χ0n) is 14.8. The Morgan fingerprint density at radius 1 is 1.00 bits per heavy atom. The molecule has 1 heterocycles. The minimum absolute atomic E-state index is 0.000153. The molecule has 3 aromatic rings. The Morgan fingerprint density at radius 2 is 1.59 bits per heavy atom. The second kappa shape index (κ2) is 8.52. The Morgan fingerprint density at radius 3 is 2.17 bits per heavy atom. The van der Waals surface area contributed by atoms with Crippen LogP contribution >= 0.6 is 0 Å². The number of amides is 1. The Labute approximate surface area is 163 Å². The van der Waals surface area contributed by atoms with Crippen LogP contribution in [-0.2, 0) is 6.54 Å². The van der Waals surface area contributed by atoms with Gasteiger partial charge in [0.1, 0.15) is 0 Å². The summed E-state index contributed by atoms with van der Waals surface area (Å²) in [6.45, 7) is 0.345. The number of non-ortho nitro benzene ring substituents is 2. The van der Waals surface area contributed by atoms with Gasteiger partial charge in [0.15, 0.2) is 5.69 Å². The number of benzene rings is 2. The molecule has 0 unspecified atom stereocenters. The number of hydrazone groups is 1. The molecule has 1 aromatic heterocycles. The van der Waals surface area contributed by atoms with E-state index in [1.54, 1.807) is 18.3 Å². The molecular formula is C18H14N6O5. The molecule has 29 heavy (non-hydrogen) atoms. The Hall–Kier alpha value is -4.41. The van der Waals surface area contributed by atoms with E-state index in [9.17, 15) is 25.0 Å².